The Hall–Kier alpha value is -1.14. The zero-order chi connectivity index (χ0) is 16.2. The first-order valence-corrected chi connectivity index (χ1v) is 9.17. The largest absolute Gasteiger partial charge is 0.316 e. The molecule has 1 fully saturated rings. The fourth-order valence-corrected chi connectivity index (χ4v) is 3.69. The number of rotatable bonds is 4. The average molecular weight is 370 g/mol. The maximum Gasteiger partial charge on any atom is 0.225 e. The SMILES string of the molecule is O=C(CC1CCCNC1)Nc1csc(-c2ccc(Cl)c(Cl)c2)n1. The van der Waals surface area contributed by atoms with Crippen molar-refractivity contribution >= 4 is 46.3 Å². The van der Waals surface area contributed by atoms with Crippen LogP contribution in [0, 0.1) is 5.92 Å². The number of amides is 1. The highest BCUT2D eigenvalue weighted by Gasteiger charge is 2.17. The molecule has 1 aliphatic heterocycles. The van der Waals surface area contributed by atoms with E-state index in [-0.39, 0.29) is 5.91 Å². The predicted octanol–water partition coefficient (Wildman–Crippen LogP) is 4.45. The molecule has 3 rings (SSSR count). The van der Waals surface area contributed by atoms with E-state index >= 15 is 0 Å². The quantitative estimate of drug-likeness (QED) is 0.836. The molecule has 1 unspecified atom stereocenters. The van der Waals surface area contributed by atoms with Gasteiger partial charge < -0.3 is 10.6 Å². The van der Waals surface area contributed by atoms with Crippen molar-refractivity contribution in [3.8, 4) is 10.6 Å². The van der Waals surface area contributed by atoms with E-state index in [1.165, 1.54) is 11.3 Å². The van der Waals surface area contributed by atoms with Gasteiger partial charge in [0.15, 0.2) is 0 Å². The monoisotopic (exact) mass is 369 g/mol. The minimum absolute atomic E-state index is 0.0182. The maximum absolute atomic E-state index is 12.1. The highest BCUT2D eigenvalue weighted by molar-refractivity contribution is 7.13. The van der Waals surface area contributed by atoms with E-state index in [1.54, 1.807) is 12.1 Å². The number of hydrogen-bond acceptors (Lipinski definition) is 4. The standard InChI is InChI=1S/C16H17Cl2N3OS/c17-12-4-3-11(7-13(12)18)16-21-14(9-23-16)20-15(22)6-10-2-1-5-19-8-10/h3-4,7,9-10,19H,1-2,5-6,8H2,(H,20,22). The van der Waals surface area contributed by atoms with Crippen LogP contribution in [0.15, 0.2) is 23.6 Å². The Morgan fingerprint density at radius 1 is 1.39 bits per heavy atom. The Balaban J connectivity index is 1.62. The van der Waals surface area contributed by atoms with E-state index in [4.69, 9.17) is 23.2 Å². The first-order chi connectivity index (χ1) is 11.1. The molecular weight excluding hydrogens is 353 g/mol. The van der Waals surface area contributed by atoms with E-state index in [2.05, 4.69) is 15.6 Å². The van der Waals surface area contributed by atoms with Crippen molar-refractivity contribution < 1.29 is 4.79 Å². The van der Waals surface area contributed by atoms with Crippen LogP contribution in [0.2, 0.25) is 10.0 Å². The van der Waals surface area contributed by atoms with Gasteiger partial charge in [-0.3, -0.25) is 4.79 Å². The molecular formula is C16H17Cl2N3OS. The van der Waals surface area contributed by atoms with Crippen molar-refractivity contribution in [2.75, 3.05) is 18.4 Å². The minimum atomic E-state index is 0.0182. The third kappa shape index (κ3) is 4.44. The summed E-state index contributed by atoms with van der Waals surface area (Å²) in [6, 6.07) is 5.39. The van der Waals surface area contributed by atoms with Crippen LogP contribution in [0.1, 0.15) is 19.3 Å². The van der Waals surface area contributed by atoms with Crippen molar-refractivity contribution in [3.05, 3.63) is 33.6 Å². The Labute approximate surface area is 149 Å². The number of carbonyl (C=O) groups is 1. The second-order valence-electron chi connectivity index (χ2n) is 5.63. The van der Waals surface area contributed by atoms with E-state index < -0.39 is 0 Å². The van der Waals surface area contributed by atoms with Crippen molar-refractivity contribution in [3.63, 3.8) is 0 Å². The molecule has 2 aromatic rings. The number of nitrogens with zero attached hydrogens (tertiary/aromatic N) is 1. The number of carbonyl (C=O) groups excluding carboxylic acids is 1. The lowest BCUT2D eigenvalue weighted by Gasteiger charge is -2.21. The fraction of sp³-hybridized carbons (Fsp3) is 0.375. The van der Waals surface area contributed by atoms with Crippen LogP contribution in [-0.4, -0.2) is 24.0 Å². The molecule has 0 spiro atoms. The van der Waals surface area contributed by atoms with Gasteiger partial charge in [-0.15, -0.1) is 11.3 Å². The third-order valence-corrected chi connectivity index (χ3v) is 5.44. The fourth-order valence-electron chi connectivity index (χ4n) is 2.65. The zero-order valence-corrected chi connectivity index (χ0v) is 14.8. The first kappa shape index (κ1) is 16.7. The molecule has 2 N–H and O–H groups in total. The van der Waals surface area contributed by atoms with Crippen LogP contribution in [0.25, 0.3) is 10.6 Å². The maximum atomic E-state index is 12.1. The molecule has 1 aliphatic rings. The smallest absolute Gasteiger partial charge is 0.225 e. The summed E-state index contributed by atoms with van der Waals surface area (Å²) < 4.78 is 0. The third-order valence-electron chi connectivity index (χ3n) is 3.81. The summed E-state index contributed by atoms with van der Waals surface area (Å²) in [7, 11) is 0. The van der Waals surface area contributed by atoms with Crippen LogP contribution in [0.3, 0.4) is 0 Å². The van der Waals surface area contributed by atoms with Crippen molar-refractivity contribution in [2.45, 2.75) is 19.3 Å². The second-order valence-corrected chi connectivity index (χ2v) is 7.30. The highest BCUT2D eigenvalue weighted by Crippen LogP contribution is 2.31. The van der Waals surface area contributed by atoms with Gasteiger partial charge in [0.05, 0.1) is 10.0 Å². The normalized spacial score (nSPS) is 17.9. The highest BCUT2D eigenvalue weighted by atomic mass is 35.5. The topological polar surface area (TPSA) is 54.0 Å². The summed E-state index contributed by atoms with van der Waals surface area (Å²) in [5.74, 6) is 1.02. The Bertz CT molecular complexity index is 698. The van der Waals surface area contributed by atoms with Crippen molar-refractivity contribution in [1.29, 1.82) is 0 Å². The minimum Gasteiger partial charge on any atom is -0.316 e. The van der Waals surface area contributed by atoms with Crippen molar-refractivity contribution in [2.24, 2.45) is 5.92 Å². The number of anilines is 1. The number of nitrogens with one attached hydrogen (secondary N) is 2. The summed E-state index contributed by atoms with van der Waals surface area (Å²) in [4.78, 5) is 16.6. The van der Waals surface area contributed by atoms with E-state index in [9.17, 15) is 4.79 Å². The van der Waals surface area contributed by atoms with Gasteiger partial charge in [-0.05, 0) is 44.0 Å². The molecule has 7 heteroatoms. The Kier molecular flexibility index (Phi) is 5.54. The lowest BCUT2D eigenvalue weighted by Crippen LogP contribution is -2.32. The summed E-state index contributed by atoms with van der Waals surface area (Å²) >= 11 is 13.4. The van der Waals surface area contributed by atoms with Crippen LogP contribution < -0.4 is 10.6 Å². The summed E-state index contributed by atoms with van der Waals surface area (Å²) in [6.07, 6.45) is 2.77. The molecule has 1 aromatic heterocycles. The summed E-state index contributed by atoms with van der Waals surface area (Å²) in [5, 5.41) is 9.86. The lowest BCUT2D eigenvalue weighted by molar-refractivity contribution is -0.117. The van der Waals surface area contributed by atoms with Gasteiger partial charge in [0.25, 0.3) is 0 Å². The average Bonchev–Trinajstić information content (AvgIpc) is 2.99. The van der Waals surface area contributed by atoms with Crippen LogP contribution in [-0.2, 0) is 4.79 Å². The predicted molar refractivity (Wildman–Crippen MR) is 96.4 cm³/mol. The van der Waals surface area contributed by atoms with Gasteiger partial charge in [0, 0.05) is 17.4 Å². The molecule has 2 heterocycles. The molecule has 0 bridgehead atoms. The lowest BCUT2D eigenvalue weighted by atomic mass is 9.96. The molecule has 122 valence electrons. The van der Waals surface area contributed by atoms with Crippen LogP contribution in [0.4, 0.5) is 5.82 Å². The number of aromatic nitrogens is 1. The molecule has 23 heavy (non-hydrogen) atoms. The molecule has 0 radical (unpaired) electrons. The molecule has 1 amide bonds. The van der Waals surface area contributed by atoms with Gasteiger partial charge in [-0.25, -0.2) is 4.98 Å². The molecule has 1 aromatic carbocycles. The van der Waals surface area contributed by atoms with Gasteiger partial charge in [-0.2, -0.15) is 0 Å². The number of piperidine rings is 1. The van der Waals surface area contributed by atoms with E-state index in [0.29, 0.717) is 28.2 Å². The first-order valence-electron chi connectivity index (χ1n) is 7.53. The van der Waals surface area contributed by atoms with E-state index in [0.717, 1.165) is 36.5 Å². The van der Waals surface area contributed by atoms with Gasteiger partial charge in [-0.1, -0.05) is 29.3 Å². The molecule has 0 aliphatic carbocycles. The van der Waals surface area contributed by atoms with Gasteiger partial charge in [0.2, 0.25) is 5.91 Å². The van der Waals surface area contributed by atoms with Crippen LogP contribution >= 0.6 is 34.5 Å². The molecule has 1 saturated heterocycles. The summed E-state index contributed by atoms with van der Waals surface area (Å²) in [5.41, 5.74) is 0.890. The van der Waals surface area contributed by atoms with Crippen molar-refractivity contribution in [1.82, 2.24) is 10.3 Å². The van der Waals surface area contributed by atoms with E-state index in [1.807, 2.05) is 11.4 Å². The molecule has 0 saturated carbocycles. The number of thiazole rings is 1. The second kappa shape index (κ2) is 7.62. The van der Waals surface area contributed by atoms with Gasteiger partial charge >= 0.3 is 0 Å². The summed E-state index contributed by atoms with van der Waals surface area (Å²) in [6.45, 7) is 1.97. The van der Waals surface area contributed by atoms with Crippen LogP contribution in [0.5, 0.6) is 0 Å². The number of hydrogen-bond donors (Lipinski definition) is 2. The Morgan fingerprint density at radius 3 is 3.00 bits per heavy atom. The number of benzene rings is 1. The Morgan fingerprint density at radius 2 is 2.26 bits per heavy atom. The number of halogens is 2. The van der Waals surface area contributed by atoms with Gasteiger partial charge in [0.1, 0.15) is 10.8 Å². The molecule has 4 nitrogen and oxygen atoms in total. The molecule has 1 atom stereocenters. The zero-order valence-electron chi connectivity index (χ0n) is 12.4.